The predicted octanol–water partition coefficient (Wildman–Crippen LogP) is 1.49. The Morgan fingerprint density at radius 1 is 1.50 bits per heavy atom. The quantitative estimate of drug-likeness (QED) is 0.912. The molecular formula is C13H19N5O2. The number of morpholine rings is 1. The van der Waals surface area contributed by atoms with E-state index in [4.69, 9.17) is 9.26 Å². The van der Waals surface area contributed by atoms with E-state index >= 15 is 0 Å². The minimum atomic E-state index is -0.0633. The van der Waals surface area contributed by atoms with Gasteiger partial charge < -0.3 is 9.26 Å². The Morgan fingerprint density at radius 2 is 2.40 bits per heavy atom. The summed E-state index contributed by atoms with van der Waals surface area (Å²) < 4.78 is 10.9. The fourth-order valence-electron chi connectivity index (χ4n) is 2.25. The zero-order valence-corrected chi connectivity index (χ0v) is 11.7. The molecule has 1 atom stereocenters. The van der Waals surface area contributed by atoms with Gasteiger partial charge >= 0.3 is 0 Å². The molecule has 1 N–H and O–H groups in total. The maximum atomic E-state index is 5.78. The highest BCUT2D eigenvalue weighted by Crippen LogP contribution is 2.21. The largest absolute Gasteiger partial charge is 0.368 e. The Balaban J connectivity index is 1.65. The van der Waals surface area contributed by atoms with Crippen molar-refractivity contribution < 1.29 is 9.26 Å². The third-order valence-electron chi connectivity index (χ3n) is 3.36. The second kappa shape index (κ2) is 5.72. The molecule has 1 aliphatic rings. The lowest BCUT2D eigenvalue weighted by Crippen LogP contribution is -2.38. The fraction of sp³-hybridized carbons (Fsp3) is 0.615. The molecule has 1 saturated heterocycles. The van der Waals surface area contributed by atoms with Crippen LogP contribution in [0.3, 0.4) is 0 Å². The van der Waals surface area contributed by atoms with Gasteiger partial charge in [0.1, 0.15) is 6.10 Å². The zero-order valence-electron chi connectivity index (χ0n) is 11.7. The highest BCUT2D eigenvalue weighted by molar-refractivity contribution is 5.00. The predicted molar refractivity (Wildman–Crippen MR) is 70.9 cm³/mol. The first-order chi connectivity index (χ1) is 9.72. The van der Waals surface area contributed by atoms with Crippen LogP contribution in [0.2, 0.25) is 0 Å². The van der Waals surface area contributed by atoms with Gasteiger partial charge in [-0.25, -0.2) is 4.98 Å². The number of nitrogens with zero attached hydrogens (tertiary/aromatic N) is 4. The number of nitrogens with one attached hydrogen (secondary N) is 1. The van der Waals surface area contributed by atoms with Crippen LogP contribution in [0, 0.1) is 0 Å². The van der Waals surface area contributed by atoms with Gasteiger partial charge in [-0.3, -0.25) is 10.00 Å². The van der Waals surface area contributed by atoms with Crippen molar-refractivity contribution in [3.05, 3.63) is 29.7 Å². The molecule has 1 aliphatic heterocycles. The van der Waals surface area contributed by atoms with Crippen molar-refractivity contribution in [2.24, 2.45) is 0 Å². The van der Waals surface area contributed by atoms with Crippen LogP contribution in [-0.4, -0.2) is 44.9 Å². The molecule has 2 aromatic heterocycles. The van der Waals surface area contributed by atoms with Crippen LogP contribution < -0.4 is 0 Å². The van der Waals surface area contributed by atoms with E-state index in [0.29, 0.717) is 12.5 Å². The van der Waals surface area contributed by atoms with Gasteiger partial charge in [0.2, 0.25) is 0 Å². The molecule has 0 saturated carbocycles. The molecule has 0 radical (unpaired) electrons. The standard InChI is InChI=1S/C13H19N5O2/c1-9(2)12-15-13(17-16-12)11-8-18(5-6-19-11)7-10-3-4-14-20-10/h3-4,9,11H,5-8H2,1-2H3,(H,15,16,17). The molecule has 0 aromatic carbocycles. The molecule has 3 heterocycles. The highest BCUT2D eigenvalue weighted by Gasteiger charge is 2.25. The lowest BCUT2D eigenvalue weighted by atomic mass is 10.2. The Hall–Kier alpha value is -1.73. The molecular weight excluding hydrogens is 258 g/mol. The Bertz CT molecular complexity index is 537. The summed E-state index contributed by atoms with van der Waals surface area (Å²) in [4.78, 5) is 6.78. The van der Waals surface area contributed by atoms with E-state index in [1.165, 1.54) is 0 Å². The van der Waals surface area contributed by atoms with Gasteiger partial charge in [-0.2, -0.15) is 5.10 Å². The van der Waals surface area contributed by atoms with Gasteiger partial charge in [-0.1, -0.05) is 19.0 Å². The average Bonchev–Trinajstić information content (AvgIpc) is 3.09. The lowest BCUT2D eigenvalue weighted by Gasteiger charge is -2.30. The third-order valence-corrected chi connectivity index (χ3v) is 3.36. The Morgan fingerprint density at radius 3 is 3.10 bits per heavy atom. The van der Waals surface area contributed by atoms with Crippen LogP contribution in [0.4, 0.5) is 0 Å². The number of H-pyrrole nitrogens is 1. The van der Waals surface area contributed by atoms with Gasteiger partial charge in [-0.15, -0.1) is 0 Å². The van der Waals surface area contributed by atoms with Crippen LogP contribution >= 0.6 is 0 Å². The number of hydrogen-bond donors (Lipinski definition) is 1. The van der Waals surface area contributed by atoms with E-state index in [-0.39, 0.29) is 6.10 Å². The number of hydrogen-bond acceptors (Lipinski definition) is 6. The zero-order chi connectivity index (χ0) is 13.9. The molecule has 20 heavy (non-hydrogen) atoms. The maximum Gasteiger partial charge on any atom is 0.155 e. The molecule has 7 heteroatoms. The summed E-state index contributed by atoms with van der Waals surface area (Å²) in [5, 5.41) is 10.9. The van der Waals surface area contributed by atoms with E-state index in [9.17, 15) is 0 Å². The average molecular weight is 277 g/mol. The molecule has 108 valence electrons. The van der Waals surface area contributed by atoms with E-state index < -0.39 is 0 Å². The minimum absolute atomic E-state index is 0.0633. The van der Waals surface area contributed by atoms with Crippen molar-refractivity contribution in [3.8, 4) is 0 Å². The molecule has 2 aromatic rings. The first-order valence-electron chi connectivity index (χ1n) is 6.88. The van der Waals surface area contributed by atoms with Crippen molar-refractivity contribution >= 4 is 0 Å². The maximum absolute atomic E-state index is 5.78. The normalized spacial score (nSPS) is 20.6. The number of aromatic amines is 1. The summed E-state index contributed by atoms with van der Waals surface area (Å²) in [6.45, 7) is 7.22. The second-order valence-corrected chi connectivity index (χ2v) is 5.31. The SMILES string of the molecule is CC(C)c1n[nH]c(C2CN(Cc3ccno3)CCO2)n1. The molecule has 7 nitrogen and oxygen atoms in total. The van der Waals surface area contributed by atoms with Gasteiger partial charge in [0.25, 0.3) is 0 Å². The molecule has 0 spiro atoms. The van der Waals surface area contributed by atoms with E-state index in [2.05, 4.69) is 39.1 Å². The van der Waals surface area contributed by atoms with Gasteiger partial charge in [0.15, 0.2) is 17.4 Å². The Labute approximate surface area is 117 Å². The molecule has 1 fully saturated rings. The summed E-state index contributed by atoms with van der Waals surface area (Å²) in [6.07, 6.45) is 1.60. The van der Waals surface area contributed by atoms with Gasteiger partial charge in [0, 0.05) is 25.1 Å². The highest BCUT2D eigenvalue weighted by atomic mass is 16.5. The van der Waals surface area contributed by atoms with Crippen LogP contribution in [0.25, 0.3) is 0 Å². The fourth-order valence-corrected chi connectivity index (χ4v) is 2.25. The van der Waals surface area contributed by atoms with Crippen molar-refractivity contribution in [2.75, 3.05) is 19.7 Å². The van der Waals surface area contributed by atoms with Crippen molar-refractivity contribution in [1.29, 1.82) is 0 Å². The number of ether oxygens (including phenoxy) is 1. The monoisotopic (exact) mass is 277 g/mol. The van der Waals surface area contributed by atoms with Crippen molar-refractivity contribution in [2.45, 2.75) is 32.4 Å². The molecule has 1 unspecified atom stereocenters. The first-order valence-corrected chi connectivity index (χ1v) is 6.88. The number of aromatic nitrogens is 4. The number of rotatable bonds is 4. The molecule has 0 bridgehead atoms. The van der Waals surface area contributed by atoms with Crippen molar-refractivity contribution in [1.82, 2.24) is 25.2 Å². The van der Waals surface area contributed by atoms with Crippen LogP contribution in [0.5, 0.6) is 0 Å². The smallest absolute Gasteiger partial charge is 0.155 e. The second-order valence-electron chi connectivity index (χ2n) is 5.31. The molecule has 3 rings (SSSR count). The summed E-state index contributed by atoms with van der Waals surface area (Å²) >= 11 is 0. The summed E-state index contributed by atoms with van der Waals surface area (Å²) in [6, 6.07) is 1.88. The van der Waals surface area contributed by atoms with Crippen LogP contribution in [0.15, 0.2) is 16.8 Å². The van der Waals surface area contributed by atoms with Gasteiger partial charge in [-0.05, 0) is 0 Å². The Kier molecular flexibility index (Phi) is 3.79. The summed E-state index contributed by atoms with van der Waals surface area (Å²) in [5.41, 5.74) is 0. The van der Waals surface area contributed by atoms with Crippen molar-refractivity contribution in [3.63, 3.8) is 0 Å². The van der Waals surface area contributed by atoms with E-state index in [1.54, 1.807) is 6.20 Å². The summed E-state index contributed by atoms with van der Waals surface area (Å²) in [5.74, 6) is 2.81. The summed E-state index contributed by atoms with van der Waals surface area (Å²) in [7, 11) is 0. The first kappa shape index (κ1) is 13.3. The van der Waals surface area contributed by atoms with E-state index in [1.807, 2.05) is 6.07 Å². The van der Waals surface area contributed by atoms with Crippen LogP contribution in [0.1, 0.15) is 43.3 Å². The van der Waals surface area contributed by atoms with E-state index in [0.717, 1.165) is 37.0 Å². The molecule has 0 aliphatic carbocycles. The molecule has 0 amide bonds. The third kappa shape index (κ3) is 2.88. The topological polar surface area (TPSA) is 80.1 Å². The van der Waals surface area contributed by atoms with Crippen LogP contribution in [-0.2, 0) is 11.3 Å². The minimum Gasteiger partial charge on any atom is -0.368 e. The van der Waals surface area contributed by atoms with Gasteiger partial charge in [0.05, 0.1) is 19.3 Å². The lowest BCUT2D eigenvalue weighted by molar-refractivity contribution is -0.0391.